The first kappa shape index (κ1) is 25.4. The molecule has 0 aromatic heterocycles. The molecule has 1 fully saturated rings. The largest absolute Gasteiger partial charge is 0.475 e. The molecule has 0 bridgehead atoms. The normalized spacial score (nSPS) is 15.8. The van der Waals surface area contributed by atoms with E-state index in [2.05, 4.69) is 10.6 Å². The van der Waals surface area contributed by atoms with E-state index in [1.807, 2.05) is 30.3 Å². The maximum atomic E-state index is 13.0. The van der Waals surface area contributed by atoms with Gasteiger partial charge in [-0.25, -0.2) is 0 Å². The van der Waals surface area contributed by atoms with Crippen LogP contribution < -0.4 is 16.4 Å². The predicted molar refractivity (Wildman–Crippen MR) is 116 cm³/mol. The van der Waals surface area contributed by atoms with Crippen LogP contribution in [0.15, 0.2) is 30.3 Å². The fourth-order valence-electron chi connectivity index (χ4n) is 3.78. The molecule has 0 unspecified atom stereocenters. The average Bonchev–Trinajstić information content (AvgIpc) is 3.19. The highest BCUT2D eigenvalue weighted by Crippen LogP contribution is 2.39. The van der Waals surface area contributed by atoms with Crippen LogP contribution in [0.3, 0.4) is 0 Å². The molecule has 1 aliphatic carbocycles. The number of nitrogens with one attached hydrogen (secondary N) is 2. The lowest BCUT2D eigenvalue weighted by Gasteiger charge is -2.29. The second kappa shape index (κ2) is 12.9. The number of rotatable bonds is 11. The summed E-state index contributed by atoms with van der Waals surface area (Å²) in [5.41, 5.74) is 5.47. The van der Waals surface area contributed by atoms with E-state index in [4.69, 9.17) is 5.73 Å². The van der Waals surface area contributed by atoms with Gasteiger partial charge in [0.15, 0.2) is 0 Å². The van der Waals surface area contributed by atoms with Crippen molar-refractivity contribution in [1.29, 1.82) is 0 Å². The summed E-state index contributed by atoms with van der Waals surface area (Å²) in [6.07, 6.45) is 5.09. The van der Waals surface area contributed by atoms with E-state index in [-0.39, 0.29) is 18.3 Å². The molecule has 1 aromatic rings. The maximum Gasteiger partial charge on any atom is 0.475 e. The molecule has 1 atom stereocenters. The molecule has 1 aliphatic rings. The SMILES string of the molecule is Cl.NCCCC[C@H](NC(=O)C1(C(=O)NCCc2ccccc2)CCCC1)B(O)O. The zero-order valence-electron chi connectivity index (χ0n) is 16.8. The van der Waals surface area contributed by atoms with Crippen LogP contribution in [0.2, 0.25) is 0 Å². The molecule has 0 saturated heterocycles. The van der Waals surface area contributed by atoms with Crippen molar-refractivity contribution < 1.29 is 19.6 Å². The zero-order chi connectivity index (χ0) is 20.4. The molecular weight excluding hydrogens is 393 g/mol. The second-order valence-electron chi connectivity index (χ2n) is 7.56. The van der Waals surface area contributed by atoms with Gasteiger partial charge in [0.05, 0.1) is 5.94 Å². The third-order valence-electron chi connectivity index (χ3n) is 5.51. The summed E-state index contributed by atoms with van der Waals surface area (Å²) < 4.78 is 0. The second-order valence-corrected chi connectivity index (χ2v) is 7.56. The predicted octanol–water partition coefficient (Wildman–Crippen LogP) is 0.953. The van der Waals surface area contributed by atoms with Crippen LogP contribution in [0.5, 0.6) is 0 Å². The number of amides is 2. The minimum absolute atomic E-state index is 0. The van der Waals surface area contributed by atoms with Gasteiger partial charge in [0, 0.05) is 6.54 Å². The number of unbranched alkanes of at least 4 members (excludes halogenated alkanes) is 1. The topological polar surface area (TPSA) is 125 Å². The molecular formula is C20H33BClN3O4. The molecule has 0 spiro atoms. The molecule has 0 radical (unpaired) electrons. The van der Waals surface area contributed by atoms with Gasteiger partial charge in [0.1, 0.15) is 5.41 Å². The molecule has 1 aromatic carbocycles. The lowest BCUT2D eigenvalue weighted by atomic mass is 9.75. The first-order chi connectivity index (χ1) is 13.5. The van der Waals surface area contributed by atoms with Crippen LogP contribution in [-0.2, 0) is 16.0 Å². The van der Waals surface area contributed by atoms with Crippen molar-refractivity contribution >= 4 is 31.3 Å². The standard InChI is InChI=1S/C20H32BN3O4.ClH/c22-14-7-4-10-17(21(27)28)24-19(26)20(12-5-6-13-20)18(25)23-15-11-16-8-2-1-3-9-16;/h1-3,8-9,17,27-28H,4-7,10-15,22H2,(H,23,25)(H,24,26);1H/t17-;/m0./s1. The molecule has 0 aliphatic heterocycles. The van der Waals surface area contributed by atoms with Gasteiger partial charge in [0.25, 0.3) is 0 Å². The summed E-state index contributed by atoms with van der Waals surface area (Å²) in [5.74, 6) is -1.48. The Kier molecular flexibility index (Phi) is 11.3. The molecule has 2 rings (SSSR count). The van der Waals surface area contributed by atoms with Crippen LogP contribution in [0.4, 0.5) is 0 Å². The molecule has 6 N–H and O–H groups in total. The van der Waals surface area contributed by atoms with Crippen molar-refractivity contribution in [2.24, 2.45) is 11.1 Å². The third-order valence-corrected chi connectivity index (χ3v) is 5.51. The fraction of sp³-hybridized carbons (Fsp3) is 0.600. The summed E-state index contributed by atoms with van der Waals surface area (Å²) in [5, 5.41) is 24.8. The van der Waals surface area contributed by atoms with Crippen molar-refractivity contribution in [1.82, 2.24) is 10.6 Å². The smallest absolute Gasteiger partial charge is 0.426 e. The summed E-state index contributed by atoms with van der Waals surface area (Å²) in [6.45, 7) is 0.969. The Labute approximate surface area is 179 Å². The molecule has 29 heavy (non-hydrogen) atoms. The summed E-state index contributed by atoms with van der Waals surface area (Å²) in [4.78, 5) is 25.9. The minimum Gasteiger partial charge on any atom is -0.426 e. The van der Waals surface area contributed by atoms with E-state index in [1.54, 1.807) is 0 Å². The number of halogens is 1. The van der Waals surface area contributed by atoms with Crippen LogP contribution >= 0.6 is 12.4 Å². The van der Waals surface area contributed by atoms with Crippen LogP contribution in [-0.4, -0.2) is 48.0 Å². The number of nitrogens with two attached hydrogens (primary N) is 1. The molecule has 9 heteroatoms. The number of carbonyl (C=O) groups is 2. The van der Waals surface area contributed by atoms with Gasteiger partial charge in [0.2, 0.25) is 11.8 Å². The van der Waals surface area contributed by atoms with Gasteiger partial charge in [-0.15, -0.1) is 12.4 Å². The van der Waals surface area contributed by atoms with Crippen molar-refractivity contribution in [2.45, 2.75) is 57.3 Å². The van der Waals surface area contributed by atoms with Gasteiger partial charge in [-0.1, -0.05) is 49.6 Å². The lowest BCUT2D eigenvalue weighted by molar-refractivity contribution is -0.143. The van der Waals surface area contributed by atoms with Gasteiger partial charge in [-0.2, -0.15) is 0 Å². The monoisotopic (exact) mass is 425 g/mol. The molecule has 2 amide bonds. The van der Waals surface area contributed by atoms with Gasteiger partial charge < -0.3 is 26.4 Å². The highest BCUT2D eigenvalue weighted by atomic mass is 35.5. The summed E-state index contributed by atoms with van der Waals surface area (Å²) in [6, 6.07) is 9.85. The summed E-state index contributed by atoms with van der Waals surface area (Å²) in [7, 11) is -1.67. The molecule has 7 nitrogen and oxygen atoms in total. The number of carbonyl (C=O) groups excluding carboxylic acids is 2. The lowest BCUT2D eigenvalue weighted by Crippen LogP contribution is -2.55. The first-order valence-corrected chi connectivity index (χ1v) is 10.2. The average molecular weight is 426 g/mol. The van der Waals surface area contributed by atoms with Gasteiger partial charge >= 0.3 is 7.12 Å². The Morgan fingerprint density at radius 2 is 1.76 bits per heavy atom. The van der Waals surface area contributed by atoms with Crippen LogP contribution in [0, 0.1) is 5.41 Å². The van der Waals surface area contributed by atoms with Crippen LogP contribution in [0.25, 0.3) is 0 Å². The van der Waals surface area contributed by atoms with Crippen LogP contribution in [0.1, 0.15) is 50.5 Å². The maximum absolute atomic E-state index is 13.0. The fourth-order valence-corrected chi connectivity index (χ4v) is 3.78. The van der Waals surface area contributed by atoms with E-state index in [0.29, 0.717) is 45.2 Å². The van der Waals surface area contributed by atoms with E-state index in [1.165, 1.54) is 0 Å². The zero-order valence-corrected chi connectivity index (χ0v) is 17.6. The molecule has 1 saturated carbocycles. The Bertz CT molecular complexity index is 627. The number of hydrogen-bond acceptors (Lipinski definition) is 5. The Morgan fingerprint density at radius 1 is 1.10 bits per heavy atom. The summed E-state index contributed by atoms with van der Waals surface area (Å²) >= 11 is 0. The van der Waals surface area contributed by atoms with Gasteiger partial charge in [-0.05, 0) is 44.2 Å². The number of benzene rings is 1. The van der Waals surface area contributed by atoms with Crippen molar-refractivity contribution in [3.63, 3.8) is 0 Å². The quantitative estimate of drug-likeness (QED) is 0.205. The number of hydrogen-bond donors (Lipinski definition) is 5. The highest BCUT2D eigenvalue weighted by Gasteiger charge is 2.48. The molecule has 162 valence electrons. The Morgan fingerprint density at radius 3 is 2.34 bits per heavy atom. The third kappa shape index (κ3) is 7.30. The Balaban J connectivity index is 0.00000420. The highest BCUT2D eigenvalue weighted by molar-refractivity contribution is 6.43. The van der Waals surface area contributed by atoms with E-state index < -0.39 is 24.4 Å². The van der Waals surface area contributed by atoms with Gasteiger partial charge in [-0.3, -0.25) is 9.59 Å². The van der Waals surface area contributed by atoms with E-state index in [9.17, 15) is 19.6 Å². The minimum atomic E-state index is -1.67. The Hall–Kier alpha value is -1.61. The molecule has 0 heterocycles. The van der Waals surface area contributed by atoms with Crippen molar-refractivity contribution in [3.8, 4) is 0 Å². The van der Waals surface area contributed by atoms with E-state index >= 15 is 0 Å². The van der Waals surface area contributed by atoms with Crippen molar-refractivity contribution in [2.75, 3.05) is 13.1 Å². The first-order valence-electron chi connectivity index (χ1n) is 10.2. The van der Waals surface area contributed by atoms with Crippen molar-refractivity contribution in [3.05, 3.63) is 35.9 Å². The van der Waals surface area contributed by atoms with E-state index in [0.717, 1.165) is 24.8 Å².